The number of para-hydroxylation sites is 1. The zero-order valence-electron chi connectivity index (χ0n) is 11.9. The number of nitrogens with zero attached hydrogens (tertiary/aromatic N) is 1. The fourth-order valence-corrected chi connectivity index (χ4v) is 3.65. The van der Waals surface area contributed by atoms with Crippen molar-refractivity contribution in [2.45, 2.75) is 23.5 Å². The fourth-order valence-electron chi connectivity index (χ4n) is 2.67. The van der Waals surface area contributed by atoms with Crippen molar-refractivity contribution in [3.8, 4) is 0 Å². The average molecular weight is 318 g/mol. The van der Waals surface area contributed by atoms with Gasteiger partial charge in [0, 0.05) is 13.6 Å². The summed E-state index contributed by atoms with van der Waals surface area (Å²) < 4.78 is 49.1. The van der Waals surface area contributed by atoms with Crippen molar-refractivity contribution in [3.63, 3.8) is 0 Å². The molecule has 1 aliphatic heterocycles. The monoisotopic (exact) mass is 318 g/mol. The zero-order chi connectivity index (χ0) is 15.5. The van der Waals surface area contributed by atoms with Crippen LogP contribution in [0.2, 0.25) is 0 Å². The molecule has 7 heteroatoms. The topological polar surface area (TPSA) is 49.4 Å². The maximum Gasteiger partial charge on any atom is 0.341 e. The summed E-state index contributed by atoms with van der Waals surface area (Å²) in [5.41, 5.74) is 0.336. The van der Waals surface area contributed by atoms with Crippen molar-refractivity contribution in [2.75, 3.05) is 31.6 Å². The number of benzene rings is 1. The molecule has 0 amide bonds. The Morgan fingerprint density at radius 1 is 1.38 bits per heavy atom. The smallest absolute Gasteiger partial charge is 0.341 e. The van der Waals surface area contributed by atoms with E-state index < -0.39 is 15.6 Å². The molecule has 4 nitrogen and oxygen atoms in total. The molecule has 0 bridgehead atoms. The van der Waals surface area contributed by atoms with E-state index >= 15 is 0 Å². The lowest BCUT2D eigenvalue weighted by Crippen LogP contribution is -2.37. The van der Waals surface area contributed by atoms with Crippen molar-refractivity contribution in [1.29, 1.82) is 0 Å². The number of nitrogens with one attached hydrogen (secondary N) is 1. The first-order chi connectivity index (χ1) is 9.93. The third kappa shape index (κ3) is 3.71. The Bertz CT molecular complexity index is 572. The van der Waals surface area contributed by atoms with Gasteiger partial charge >= 0.3 is 5.76 Å². The van der Waals surface area contributed by atoms with Crippen molar-refractivity contribution in [3.05, 3.63) is 24.3 Å². The minimum absolute atomic E-state index is 0.300. The molecule has 1 N–H and O–H groups in total. The molecular weight excluding hydrogens is 298 g/mol. The molecule has 0 aromatic heterocycles. The molecule has 118 valence electrons. The van der Waals surface area contributed by atoms with E-state index in [9.17, 15) is 17.2 Å². The molecule has 0 radical (unpaired) electrons. The number of halogens is 2. The molecule has 1 atom stereocenters. The maximum absolute atomic E-state index is 12.8. The van der Waals surface area contributed by atoms with Gasteiger partial charge < -0.3 is 10.2 Å². The predicted octanol–water partition coefficient (Wildman–Crippen LogP) is 2.12. The molecule has 1 fully saturated rings. The molecule has 1 aliphatic rings. The van der Waals surface area contributed by atoms with Crippen LogP contribution in [0.4, 0.5) is 14.5 Å². The molecule has 1 aromatic carbocycles. The van der Waals surface area contributed by atoms with E-state index in [1.54, 1.807) is 24.1 Å². The Hall–Kier alpha value is -1.21. The van der Waals surface area contributed by atoms with Gasteiger partial charge in [0.05, 0.1) is 10.6 Å². The Kier molecular flexibility index (Phi) is 5.16. The standard InChI is InChI=1S/C14H20F2N2O2S/c1-18(10-11-5-4-8-17-9-11)12-6-2-3-7-13(12)21(19,20)14(15)16/h2-3,6-7,11,14,17H,4-5,8-10H2,1H3. The van der Waals surface area contributed by atoms with Gasteiger partial charge in [0.25, 0.3) is 0 Å². The summed E-state index contributed by atoms with van der Waals surface area (Å²) in [7, 11) is -2.84. The molecule has 1 saturated heterocycles. The van der Waals surface area contributed by atoms with Gasteiger partial charge in [-0.15, -0.1) is 0 Å². The minimum Gasteiger partial charge on any atom is -0.373 e. The molecule has 2 rings (SSSR count). The van der Waals surface area contributed by atoms with E-state index in [1.165, 1.54) is 12.1 Å². The molecule has 0 saturated carbocycles. The number of hydrogen-bond donors (Lipinski definition) is 1. The van der Waals surface area contributed by atoms with E-state index in [0.717, 1.165) is 25.9 Å². The number of rotatable bonds is 5. The van der Waals surface area contributed by atoms with Crippen molar-refractivity contribution in [2.24, 2.45) is 5.92 Å². The van der Waals surface area contributed by atoms with Crippen LogP contribution < -0.4 is 10.2 Å². The molecule has 21 heavy (non-hydrogen) atoms. The minimum atomic E-state index is -4.58. The van der Waals surface area contributed by atoms with Gasteiger partial charge in [-0.25, -0.2) is 8.42 Å². The van der Waals surface area contributed by atoms with Gasteiger partial charge in [-0.1, -0.05) is 12.1 Å². The van der Waals surface area contributed by atoms with E-state index in [0.29, 0.717) is 18.2 Å². The quantitative estimate of drug-likeness (QED) is 0.903. The number of sulfone groups is 1. The first kappa shape index (κ1) is 16.2. The Balaban J connectivity index is 2.23. The summed E-state index contributed by atoms with van der Waals surface area (Å²) in [4.78, 5) is 1.46. The van der Waals surface area contributed by atoms with E-state index in [4.69, 9.17) is 0 Å². The maximum atomic E-state index is 12.8. The molecule has 1 unspecified atom stereocenters. The highest BCUT2D eigenvalue weighted by atomic mass is 32.2. The van der Waals surface area contributed by atoms with E-state index in [2.05, 4.69) is 5.32 Å². The summed E-state index contributed by atoms with van der Waals surface area (Å²) in [6, 6.07) is 5.95. The Labute approximate surface area is 124 Å². The SMILES string of the molecule is CN(CC1CCCNC1)c1ccccc1S(=O)(=O)C(F)F. The van der Waals surface area contributed by atoms with Gasteiger partial charge in [0.1, 0.15) is 0 Å². The van der Waals surface area contributed by atoms with Crippen LogP contribution in [0.25, 0.3) is 0 Å². The summed E-state index contributed by atoms with van der Waals surface area (Å²) in [5.74, 6) is -3.01. The van der Waals surface area contributed by atoms with E-state index in [1.807, 2.05) is 0 Å². The number of piperidine rings is 1. The fraction of sp³-hybridized carbons (Fsp3) is 0.571. The van der Waals surface area contributed by atoms with Crippen molar-refractivity contribution in [1.82, 2.24) is 5.32 Å². The van der Waals surface area contributed by atoms with Crippen LogP contribution in [0.5, 0.6) is 0 Å². The Morgan fingerprint density at radius 2 is 2.10 bits per heavy atom. The van der Waals surface area contributed by atoms with Crippen LogP contribution >= 0.6 is 0 Å². The van der Waals surface area contributed by atoms with E-state index in [-0.39, 0.29) is 4.90 Å². The van der Waals surface area contributed by atoms with Gasteiger partial charge in [0.2, 0.25) is 9.84 Å². The van der Waals surface area contributed by atoms with Gasteiger partial charge in [-0.3, -0.25) is 0 Å². The van der Waals surface area contributed by atoms with Crippen LogP contribution in [-0.2, 0) is 9.84 Å². The number of anilines is 1. The normalized spacial score (nSPS) is 19.7. The molecule has 0 aliphatic carbocycles. The lowest BCUT2D eigenvalue weighted by molar-refractivity contribution is 0.235. The zero-order valence-corrected chi connectivity index (χ0v) is 12.7. The molecular formula is C14H20F2N2O2S. The van der Waals surface area contributed by atoms with Gasteiger partial charge in [-0.05, 0) is 44.0 Å². The van der Waals surface area contributed by atoms with Crippen LogP contribution in [0.15, 0.2) is 29.2 Å². The third-order valence-electron chi connectivity index (χ3n) is 3.75. The second kappa shape index (κ2) is 6.70. The van der Waals surface area contributed by atoms with Crippen LogP contribution in [-0.4, -0.2) is 40.9 Å². The highest BCUT2D eigenvalue weighted by molar-refractivity contribution is 7.91. The first-order valence-electron chi connectivity index (χ1n) is 6.96. The number of hydrogen-bond acceptors (Lipinski definition) is 4. The van der Waals surface area contributed by atoms with Crippen molar-refractivity contribution >= 4 is 15.5 Å². The highest BCUT2D eigenvalue weighted by Gasteiger charge is 2.30. The highest BCUT2D eigenvalue weighted by Crippen LogP contribution is 2.29. The third-order valence-corrected chi connectivity index (χ3v) is 5.18. The van der Waals surface area contributed by atoms with Crippen molar-refractivity contribution < 1.29 is 17.2 Å². The summed E-state index contributed by atoms with van der Waals surface area (Å²) >= 11 is 0. The van der Waals surface area contributed by atoms with Gasteiger partial charge in [-0.2, -0.15) is 8.78 Å². The van der Waals surface area contributed by atoms with Gasteiger partial charge in [0.15, 0.2) is 0 Å². The lowest BCUT2D eigenvalue weighted by Gasteiger charge is -2.29. The Morgan fingerprint density at radius 3 is 2.71 bits per heavy atom. The summed E-state index contributed by atoms with van der Waals surface area (Å²) in [5, 5.41) is 3.29. The summed E-state index contributed by atoms with van der Waals surface area (Å²) in [6.07, 6.45) is 2.14. The lowest BCUT2D eigenvalue weighted by atomic mass is 9.99. The predicted molar refractivity (Wildman–Crippen MR) is 78.5 cm³/mol. The first-order valence-corrected chi connectivity index (χ1v) is 8.50. The average Bonchev–Trinajstić information content (AvgIpc) is 2.48. The largest absolute Gasteiger partial charge is 0.373 e. The van der Waals surface area contributed by atoms with Crippen LogP contribution in [0, 0.1) is 5.92 Å². The molecule has 0 spiro atoms. The number of alkyl halides is 2. The molecule has 1 heterocycles. The van der Waals surface area contributed by atoms with Crippen LogP contribution in [0.1, 0.15) is 12.8 Å². The second-order valence-electron chi connectivity index (χ2n) is 5.37. The van der Waals surface area contributed by atoms with Crippen LogP contribution in [0.3, 0.4) is 0 Å². The summed E-state index contributed by atoms with van der Waals surface area (Å²) in [6.45, 7) is 2.51. The molecule has 1 aromatic rings. The second-order valence-corrected chi connectivity index (χ2v) is 7.25.